The van der Waals surface area contributed by atoms with Crippen LogP contribution in [0.2, 0.25) is 0 Å². The summed E-state index contributed by atoms with van der Waals surface area (Å²) in [6.45, 7) is 4.49. The second-order valence-electron chi connectivity index (χ2n) is 12.6. The molecule has 0 amide bonds. The third-order valence-corrected chi connectivity index (χ3v) is 9.67. The van der Waals surface area contributed by atoms with Gasteiger partial charge in [-0.2, -0.15) is 0 Å². The van der Waals surface area contributed by atoms with E-state index in [4.69, 9.17) is 0 Å². The van der Waals surface area contributed by atoms with Crippen molar-refractivity contribution in [2.75, 3.05) is 4.90 Å². The molecule has 0 fully saturated rings. The molecule has 8 aromatic carbocycles. The van der Waals surface area contributed by atoms with Crippen molar-refractivity contribution < 1.29 is 0 Å². The second kappa shape index (κ2) is 12.7. The van der Waals surface area contributed by atoms with Crippen LogP contribution in [0.25, 0.3) is 54.9 Å². The van der Waals surface area contributed by atoms with Gasteiger partial charge in [-0.15, -0.1) is 0 Å². The number of nitrogens with zero attached hydrogens (tertiary/aromatic N) is 1. The molecule has 0 heterocycles. The fourth-order valence-corrected chi connectivity index (χ4v) is 7.29. The summed E-state index contributed by atoms with van der Waals surface area (Å²) in [5, 5.41) is 5.08. The zero-order valence-corrected chi connectivity index (χ0v) is 27.3. The zero-order valence-electron chi connectivity index (χ0n) is 27.3. The molecule has 0 saturated carbocycles. The molecule has 0 saturated heterocycles. The SMILES string of the molecule is Cc1ccccc1N(c1ccccc1)C(C)c1ccc(-c2ccc3c(-c4ccccc4)c4ccccc4c(-c4ccccc4)c3c2)cc1. The van der Waals surface area contributed by atoms with E-state index in [1.54, 1.807) is 0 Å². The van der Waals surface area contributed by atoms with E-state index < -0.39 is 0 Å². The van der Waals surface area contributed by atoms with Crippen LogP contribution in [-0.2, 0) is 0 Å². The topological polar surface area (TPSA) is 3.24 Å². The van der Waals surface area contributed by atoms with Crippen LogP contribution in [-0.4, -0.2) is 0 Å². The van der Waals surface area contributed by atoms with E-state index in [1.807, 2.05) is 0 Å². The van der Waals surface area contributed by atoms with Crippen LogP contribution in [0.3, 0.4) is 0 Å². The summed E-state index contributed by atoms with van der Waals surface area (Å²) in [6.07, 6.45) is 0. The maximum absolute atomic E-state index is 2.45. The van der Waals surface area contributed by atoms with E-state index in [0.717, 1.165) is 0 Å². The molecule has 1 atom stereocenters. The molecule has 1 nitrogen and oxygen atoms in total. The molecule has 1 heteroatoms. The van der Waals surface area contributed by atoms with Crippen LogP contribution < -0.4 is 4.90 Å². The van der Waals surface area contributed by atoms with Crippen LogP contribution >= 0.6 is 0 Å². The minimum atomic E-state index is 0.142. The van der Waals surface area contributed by atoms with Gasteiger partial charge in [0.2, 0.25) is 0 Å². The van der Waals surface area contributed by atoms with Crippen LogP contribution in [0.4, 0.5) is 11.4 Å². The third-order valence-electron chi connectivity index (χ3n) is 9.67. The van der Waals surface area contributed by atoms with Gasteiger partial charge < -0.3 is 4.90 Å². The molecular formula is C47H37N. The largest absolute Gasteiger partial charge is 0.334 e. The Hall–Kier alpha value is -5.92. The highest BCUT2D eigenvalue weighted by Crippen LogP contribution is 2.45. The Bertz CT molecular complexity index is 2340. The van der Waals surface area contributed by atoms with Gasteiger partial charge in [0.15, 0.2) is 0 Å². The maximum atomic E-state index is 2.45. The quantitative estimate of drug-likeness (QED) is 0.161. The molecule has 0 radical (unpaired) electrons. The Balaban J connectivity index is 1.26. The lowest BCUT2D eigenvalue weighted by molar-refractivity contribution is 0.771. The highest BCUT2D eigenvalue weighted by Gasteiger charge is 2.21. The highest BCUT2D eigenvalue weighted by molar-refractivity contribution is 6.21. The summed E-state index contributed by atoms with van der Waals surface area (Å²) in [7, 11) is 0. The molecule has 0 aromatic heterocycles. The summed E-state index contributed by atoms with van der Waals surface area (Å²) >= 11 is 0. The first-order valence-electron chi connectivity index (χ1n) is 16.8. The second-order valence-corrected chi connectivity index (χ2v) is 12.6. The number of hydrogen-bond donors (Lipinski definition) is 0. The van der Waals surface area contributed by atoms with Gasteiger partial charge in [0.25, 0.3) is 0 Å². The molecule has 230 valence electrons. The van der Waals surface area contributed by atoms with Gasteiger partial charge in [-0.25, -0.2) is 0 Å². The predicted molar refractivity (Wildman–Crippen MR) is 206 cm³/mol. The summed E-state index contributed by atoms with van der Waals surface area (Å²) in [4.78, 5) is 2.45. The van der Waals surface area contributed by atoms with Crippen LogP contribution in [0.1, 0.15) is 24.1 Å². The van der Waals surface area contributed by atoms with E-state index in [1.165, 1.54) is 77.4 Å². The normalized spacial score (nSPS) is 11.9. The zero-order chi connectivity index (χ0) is 32.5. The number of rotatable bonds is 7. The number of hydrogen-bond acceptors (Lipinski definition) is 1. The van der Waals surface area contributed by atoms with Crippen molar-refractivity contribution in [3.8, 4) is 33.4 Å². The molecule has 0 bridgehead atoms. The van der Waals surface area contributed by atoms with Crippen LogP contribution in [0, 0.1) is 6.92 Å². The minimum Gasteiger partial charge on any atom is -0.334 e. The first kappa shape index (κ1) is 29.5. The molecule has 0 aliphatic rings. The molecule has 1 unspecified atom stereocenters. The molecule has 0 N–H and O–H groups in total. The van der Waals surface area contributed by atoms with E-state index in [0.29, 0.717) is 0 Å². The Labute approximate surface area is 283 Å². The monoisotopic (exact) mass is 615 g/mol. The van der Waals surface area contributed by atoms with Crippen molar-refractivity contribution in [2.45, 2.75) is 19.9 Å². The Morgan fingerprint density at radius 3 is 1.48 bits per heavy atom. The van der Waals surface area contributed by atoms with E-state index >= 15 is 0 Å². The van der Waals surface area contributed by atoms with E-state index in [9.17, 15) is 0 Å². The minimum absolute atomic E-state index is 0.142. The molecule has 0 aliphatic carbocycles. The average molecular weight is 616 g/mol. The fraction of sp³-hybridized carbons (Fsp3) is 0.0638. The van der Waals surface area contributed by atoms with Crippen molar-refractivity contribution in [3.63, 3.8) is 0 Å². The van der Waals surface area contributed by atoms with Gasteiger partial charge in [0.05, 0.1) is 6.04 Å². The van der Waals surface area contributed by atoms with Gasteiger partial charge in [-0.1, -0.05) is 158 Å². The molecule has 48 heavy (non-hydrogen) atoms. The van der Waals surface area contributed by atoms with Crippen molar-refractivity contribution in [3.05, 3.63) is 193 Å². The van der Waals surface area contributed by atoms with E-state index in [2.05, 4.69) is 201 Å². The molecule has 0 aliphatic heterocycles. The standard InChI is InChI=1S/C47H37N/c1-33-16-12-15-25-45(33)48(40-21-10-5-11-22-40)34(2)35-26-28-36(29-27-35)39-30-31-43-44(32-39)47(38-19-8-4-9-20-38)42-24-14-13-23-41(42)46(43)37-17-6-3-7-18-37/h3-32,34H,1-2H3. The summed E-state index contributed by atoms with van der Waals surface area (Å²) in [5.41, 5.74) is 12.4. The van der Waals surface area contributed by atoms with Crippen LogP contribution in [0.15, 0.2) is 182 Å². The lowest BCUT2D eigenvalue weighted by Gasteiger charge is -2.33. The van der Waals surface area contributed by atoms with Crippen LogP contribution in [0.5, 0.6) is 0 Å². The Kier molecular flexibility index (Phi) is 7.80. The Morgan fingerprint density at radius 1 is 0.396 bits per heavy atom. The summed E-state index contributed by atoms with van der Waals surface area (Å²) in [5.74, 6) is 0. The van der Waals surface area contributed by atoms with Crippen molar-refractivity contribution in [1.29, 1.82) is 0 Å². The first-order valence-corrected chi connectivity index (χ1v) is 16.8. The van der Waals surface area contributed by atoms with Gasteiger partial charge in [-0.05, 0) is 104 Å². The summed E-state index contributed by atoms with van der Waals surface area (Å²) < 4.78 is 0. The van der Waals surface area contributed by atoms with Crippen molar-refractivity contribution >= 4 is 32.9 Å². The number of benzene rings is 8. The highest BCUT2D eigenvalue weighted by atomic mass is 15.2. The fourth-order valence-electron chi connectivity index (χ4n) is 7.29. The van der Waals surface area contributed by atoms with Gasteiger partial charge in [0.1, 0.15) is 0 Å². The van der Waals surface area contributed by atoms with Gasteiger partial charge >= 0.3 is 0 Å². The van der Waals surface area contributed by atoms with Crippen molar-refractivity contribution in [2.24, 2.45) is 0 Å². The number of aryl methyl sites for hydroxylation is 1. The third kappa shape index (κ3) is 5.34. The number of anilines is 2. The maximum Gasteiger partial charge on any atom is 0.0563 e. The number of para-hydroxylation sites is 2. The lowest BCUT2D eigenvalue weighted by atomic mass is 9.85. The first-order chi connectivity index (χ1) is 23.7. The van der Waals surface area contributed by atoms with Gasteiger partial charge in [0, 0.05) is 11.4 Å². The van der Waals surface area contributed by atoms with E-state index in [-0.39, 0.29) is 6.04 Å². The Morgan fingerprint density at radius 2 is 0.875 bits per heavy atom. The smallest absolute Gasteiger partial charge is 0.0563 e. The average Bonchev–Trinajstić information content (AvgIpc) is 3.15. The molecular weight excluding hydrogens is 579 g/mol. The lowest BCUT2D eigenvalue weighted by Crippen LogP contribution is -2.22. The molecule has 8 aromatic rings. The molecule has 8 rings (SSSR count). The predicted octanol–water partition coefficient (Wildman–Crippen LogP) is 13.2. The summed E-state index contributed by atoms with van der Waals surface area (Å²) in [6, 6.07) is 66.2. The van der Waals surface area contributed by atoms with Crippen molar-refractivity contribution in [1.82, 2.24) is 0 Å². The van der Waals surface area contributed by atoms with Gasteiger partial charge in [-0.3, -0.25) is 0 Å². The number of fused-ring (bicyclic) bond motifs is 2. The molecule has 0 spiro atoms.